The Hall–Kier alpha value is -1.87. The summed E-state index contributed by atoms with van der Waals surface area (Å²) in [6.45, 7) is 1.77. The lowest BCUT2D eigenvalue weighted by atomic mass is 10.2. The second-order valence-corrected chi connectivity index (χ2v) is 4.30. The highest BCUT2D eigenvalue weighted by atomic mass is 16.5. The van der Waals surface area contributed by atoms with Crippen molar-refractivity contribution in [3.8, 4) is 0 Å². The maximum absolute atomic E-state index is 11.3. The van der Waals surface area contributed by atoms with Gasteiger partial charge in [-0.3, -0.25) is 4.79 Å². The van der Waals surface area contributed by atoms with Crippen molar-refractivity contribution in [3.05, 3.63) is 0 Å². The minimum absolute atomic E-state index is 0.207. The molecule has 116 valence electrons. The number of carbonyl (C=O) groups is 3. The number of aliphatic carboxylic acids is 2. The van der Waals surface area contributed by atoms with E-state index in [1.807, 2.05) is 19.0 Å². The Morgan fingerprint density at radius 3 is 2.35 bits per heavy atom. The van der Waals surface area contributed by atoms with Gasteiger partial charge in [-0.25, -0.2) is 9.59 Å². The molecule has 1 atom stereocenters. The Morgan fingerprint density at radius 1 is 1.20 bits per heavy atom. The van der Waals surface area contributed by atoms with Crippen LogP contribution in [0, 0.1) is 0 Å². The molecule has 2 amide bonds. The molecule has 9 heteroatoms. The summed E-state index contributed by atoms with van der Waals surface area (Å²) in [6.07, 6.45) is -0.678. The molecular weight excluding hydrogens is 270 g/mol. The molecule has 0 fully saturated rings. The third kappa shape index (κ3) is 10.1. The summed E-state index contributed by atoms with van der Waals surface area (Å²) in [5.41, 5.74) is 0. The second kappa shape index (κ2) is 9.98. The van der Waals surface area contributed by atoms with Crippen LogP contribution in [0.5, 0.6) is 0 Å². The van der Waals surface area contributed by atoms with Crippen LogP contribution in [0.2, 0.25) is 0 Å². The van der Waals surface area contributed by atoms with E-state index in [1.54, 1.807) is 0 Å². The first-order chi connectivity index (χ1) is 9.32. The predicted octanol–water partition coefficient (Wildman–Crippen LogP) is -1.21. The number of carboxylic acids is 2. The van der Waals surface area contributed by atoms with Crippen molar-refractivity contribution in [2.24, 2.45) is 0 Å². The first-order valence-electron chi connectivity index (χ1n) is 6.04. The number of rotatable bonds is 10. The van der Waals surface area contributed by atoms with Gasteiger partial charge in [-0.15, -0.1) is 0 Å². The van der Waals surface area contributed by atoms with Gasteiger partial charge in [0.2, 0.25) is 0 Å². The van der Waals surface area contributed by atoms with Crippen LogP contribution in [0.15, 0.2) is 0 Å². The van der Waals surface area contributed by atoms with Crippen LogP contribution >= 0.6 is 0 Å². The molecule has 0 bridgehead atoms. The number of nitrogens with one attached hydrogen (secondary N) is 2. The molecule has 0 radical (unpaired) electrons. The van der Waals surface area contributed by atoms with Gasteiger partial charge in [-0.2, -0.15) is 0 Å². The topological polar surface area (TPSA) is 128 Å². The molecule has 0 heterocycles. The zero-order chi connectivity index (χ0) is 15.5. The van der Waals surface area contributed by atoms with Crippen LogP contribution in [0.25, 0.3) is 0 Å². The Labute approximate surface area is 116 Å². The molecule has 0 aliphatic carbocycles. The number of ether oxygens (including phenoxy) is 1. The van der Waals surface area contributed by atoms with Crippen molar-refractivity contribution >= 4 is 18.0 Å². The van der Waals surface area contributed by atoms with E-state index in [1.165, 1.54) is 0 Å². The van der Waals surface area contributed by atoms with Gasteiger partial charge in [-0.1, -0.05) is 0 Å². The number of amides is 2. The summed E-state index contributed by atoms with van der Waals surface area (Å²) in [4.78, 5) is 34.4. The fourth-order valence-corrected chi connectivity index (χ4v) is 1.17. The summed E-state index contributed by atoms with van der Waals surface area (Å²) in [5.74, 6) is -2.70. The number of nitrogens with zero attached hydrogens (tertiary/aromatic N) is 1. The molecule has 0 saturated heterocycles. The average molecular weight is 291 g/mol. The quantitative estimate of drug-likeness (QED) is 0.372. The number of likely N-dealkylation sites (N-methyl/N-ethyl adjacent to an activating group) is 1. The SMILES string of the molecule is CN(C)CCOCCNC(=O)N[C@H](CC(=O)O)C(=O)O. The summed E-state index contributed by atoms with van der Waals surface area (Å²) >= 11 is 0. The van der Waals surface area contributed by atoms with Crippen molar-refractivity contribution in [3.63, 3.8) is 0 Å². The lowest BCUT2D eigenvalue weighted by Gasteiger charge is -2.13. The monoisotopic (exact) mass is 291 g/mol. The zero-order valence-electron chi connectivity index (χ0n) is 11.6. The Balaban J connectivity index is 3.80. The van der Waals surface area contributed by atoms with Crippen LogP contribution < -0.4 is 10.6 Å². The highest BCUT2D eigenvalue weighted by Gasteiger charge is 2.22. The van der Waals surface area contributed by atoms with Crippen molar-refractivity contribution in [1.29, 1.82) is 0 Å². The van der Waals surface area contributed by atoms with Gasteiger partial charge in [0.25, 0.3) is 0 Å². The van der Waals surface area contributed by atoms with Gasteiger partial charge in [0.05, 0.1) is 19.6 Å². The zero-order valence-corrected chi connectivity index (χ0v) is 11.6. The molecule has 0 aliphatic rings. The van der Waals surface area contributed by atoms with Crippen LogP contribution in [0.3, 0.4) is 0 Å². The standard InChI is InChI=1S/C11H21N3O6/c1-14(2)4-6-20-5-3-12-11(19)13-8(10(17)18)7-9(15)16/h8H,3-7H2,1-2H3,(H,15,16)(H,17,18)(H2,12,13,19)/t8-/m1/s1. The molecule has 0 spiro atoms. The molecule has 0 unspecified atom stereocenters. The van der Waals surface area contributed by atoms with Gasteiger partial charge >= 0.3 is 18.0 Å². The Bertz CT molecular complexity index is 334. The third-order valence-electron chi connectivity index (χ3n) is 2.20. The van der Waals surface area contributed by atoms with Gasteiger partial charge in [-0.05, 0) is 14.1 Å². The lowest BCUT2D eigenvalue weighted by molar-refractivity contribution is -0.145. The third-order valence-corrected chi connectivity index (χ3v) is 2.20. The minimum Gasteiger partial charge on any atom is -0.481 e. The van der Waals surface area contributed by atoms with Crippen molar-refractivity contribution in [1.82, 2.24) is 15.5 Å². The highest BCUT2D eigenvalue weighted by molar-refractivity contribution is 5.86. The molecule has 0 saturated carbocycles. The van der Waals surface area contributed by atoms with E-state index in [0.717, 1.165) is 6.54 Å². The molecule has 0 aromatic carbocycles. The number of hydrogen-bond acceptors (Lipinski definition) is 5. The average Bonchev–Trinajstić information content (AvgIpc) is 2.31. The molecule has 0 aliphatic heterocycles. The highest BCUT2D eigenvalue weighted by Crippen LogP contribution is 1.92. The molecule has 9 nitrogen and oxygen atoms in total. The number of carboxylic acid groups (broad SMARTS) is 2. The van der Waals surface area contributed by atoms with E-state index in [4.69, 9.17) is 14.9 Å². The first kappa shape index (κ1) is 18.1. The smallest absolute Gasteiger partial charge is 0.326 e. The Kier molecular flexibility index (Phi) is 9.05. The number of hydrogen-bond donors (Lipinski definition) is 4. The van der Waals surface area contributed by atoms with E-state index >= 15 is 0 Å². The molecule has 0 aromatic heterocycles. The number of urea groups is 1. The largest absolute Gasteiger partial charge is 0.481 e. The van der Waals surface area contributed by atoms with E-state index in [-0.39, 0.29) is 13.2 Å². The van der Waals surface area contributed by atoms with Gasteiger partial charge in [0.1, 0.15) is 6.04 Å². The normalized spacial score (nSPS) is 11.9. The maximum atomic E-state index is 11.3. The summed E-state index contributed by atoms with van der Waals surface area (Å²) in [7, 11) is 3.81. The second-order valence-electron chi connectivity index (χ2n) is 4.30. The summed E-state index contributed by atoms with van der Waals surface area (Å²) in [6, 6.07) is -2.20. The molecule has 4 N–H and O–H groups in total. The number of carbonyl (C=O) groups excluding carboxylic acids is 1. The summed E-state index contributed by atoms with van der Waals surface area (Å²) < 4.78 is 5.22. The van der Waals surface area contributed by atoms with Gasteiger partial charge in [0.15, 0.2) is 0 Å². The van der Waals surface area contributed by atoms with E-state index in [2.05, 4.69) is 10.6 Å². The van der Waals surface area contributed by atoms with Crippen molar-refractivity contribution in [2.75, 3.05) is 40.4 Å². The van der Waals surface area contributed by atoms with E-state index in [9.17, 15) is 14.4 Å². The minimum atomic E-state index is -1.46. The van der Waals surface area contributed by atoms with Crippen LogP contribution in [0.1, 0.15) is 6.42 Å². The molecule has 0 aromatic rings. The fourth-order valence-electron chi connectivity index (χ4n) is 1.17. The Morgan fingerprint density at radius 2 is 1.85 bits per heavy atom. The molecular formula is C11H21N3O6. The van der Waals surface area contributed by atoms with Crippen LogP contribution in [-0.4, -0.2) is 79.5 Å². The van der Waals surface area contributed by atoms with Crippen molar-refractivity contribution < 1.29 is 29.3 Å². The van der Waals surface area contributed by atoms with Gasteiger partial charge < -0.3 is 30.5 Å². The van der Waals surface area contributed by atoms with E-state index < -0.39 is 30.4 Å². The summed E-state index contributed by atoms with van der Waals surface area (Å²) in [5, 5.41) is 21.7. The van der Waals surface area contributed by atoms with Crippen LogP contribution in [0.4, 0.5) is 4.79 Å². The predicted molar refractivity (Wildman–Crippen MR) is 69.6 cm³/mol. The fraction of sp³-hybridized carbons (Fsp3) is 0.727. The maximum Gasteiger partial charge on any atom is 0.326 e. The van der Waals surface area contributed by atoms with Gasteiger partial charge in [0, 0.05) is 13.1 Å². The molecule has 20 heavy (non-hydrogen) atoms. The van der Waals surface area contributed by atoms with Crippen LogP contribution in [-0.2, 0) is 14.3 Å². The van der Waals surface area contributed by atoms with E-state index in [0.29, 0.717) is 6.61 Å². The van der Waals surface area contributed by atoms with Crippen molar-refractivity contribution in [2.45, 2.75) is 12.5 Å². The lowest BCUT2D eigenvalue weighted by Crippen LogP contribution is -2.47. The first-order valence-corrected chi connectivity index (χ1v) is 6.04. The molecule has 0 rings (SSSR count).